The third-order valence-electron chi connectivity index (χ3n) is 16.1. The van der Waals surface area contributed by atoms with Crippen molar-refractivity contribution in [2.45, 2.75) is 204 Å². The van der Waals surface area contributed by atoms with Crippen LogP contribution < -0.4 is 4.90 Å². The summed E-state index contributed by atoms with van der Waals surface area (Å²) in [5, 5.41) is 77.4. The number of rotatable bonds is 13. The van der Waals surface area contributed by atoms with Gasteiger partial charge in [-0.15, -0.1) is 5.10 Å². The number of halogens is 1. The molecule has 4 fully saturated rings. The number of ether oxygens (including phenoxy) is 7. The number of aliphatic hydroxyl groups excluding tert-OH is 3. The first-order valence-corrected chi connectivity index (χ1v) is 26.0. The lowest BCUT2D eigenvalue weighted by atomic mass is 9.77. The number of benzene rings is 1. The summed E-state index contributed by atoms with van der Waals surface area (Å²) in [6.07, 6.45) is -8.63. The predicted octanol–water partition coefficient (Wildman–Crippen LogP) is 3.14. The number of methoxy groups -OCH3 is 1. The first-order chi connectivity index (χ1) is 34.6. The lowest BCUT2D eigenvalue weighted by Gasteiger charge is -2.49. The number of esters is 1. The highest BCUT2D eigenvalue weighted by molar-refractivity contribution is 5.89. The van der Waals surface area contributed by atoms with E-state index in [1.54, 1.807) is 65.4 Å². The van der Waals surface area contributed by atoms with Crippen molar-refractivity contribution in [3.63, 3.8) is 0 Å². The van der Waals surface area contributed by atoms with Gasteiger partial charge < -0.3 is 68.5 Å². The summed E-state index contributed by atoms with van der Waals surface area (Å²) in [5.41, 5.74) is -3.83. The number of nitriles is 1. The standard InChI is InChI=1S/C52H82FN7O14/c1-14-40-52(10,67)44(62)32(6)58(12)24-28(2)21-50(8,66)46(30(4)43(31(5)47(64)72-40)73-41-22-51(9,68-13)45(63)33(7)70-41)74-48-42(61)39(19-29(3)69-48)57(11)18-17-35-25-59(56-55-35)26-37-27-60(49(65)71-37)36-16-15-34(23-54)38(53)20-36/h15-16,20,25,28-33,37,39-46,48,61-63,66-67H,14,17-19,21-22,24,26-27H2,1-13H3/t28-,29-,30+,31-,32-,33+,37+,39+,40-,41+,42-,43+,44-,45+,46-,48+,50-,51-,52-/m1/s1. The SMILES string of the molecule is CC[C@H]1OC(=O)[C@H](C)[C@@H](O[C@H]2C[C@@](C)(OC)[C@@H](O)[C@H](C)O2)[C@H](C)[C@@H](O[C@@H]2O[C@H](C)C[C@H](N(C)CCc3cn(C[C@H]4CN(c5ccc(C#N)c(F)c5)C(=O)O4)nn3)[C@H]2O)[C@](C)(O)C[C@@H](C)CN(C)[C@H](C)[C@@H](O)[C@]1(C)O. The zero-order chi connectivity index (χ0) is 54.8. The molecule has 4 aliphatic heterocycles. The highest BCUT2D eigenvalue weighted by atomic mass is 19.1. The van der Waals surface area contributed by atoms with Gasteiger partial charge in [-0.3, -0.25) is 9.69 Å². The van der Waals surface area contributed by atoms with Gasteiger partial charge in [0.1, 0.15) is 48.0 Å². The molecular formula is C52H82FN7O14. The summed E-state index contributed by atoms with van der Waals surface area (Å²) in [5.74, 6) is -3.64. The minimum Gasteiger partial charge on any atom is -0.459 e. The lowest BCUT2D eigenvalue weighted by molar-refractivity contribution is -0.318. The molecule has 0 spiro atoms. The Kier molecular flexibility index (Phi) is 19.3. The van der Waals surface area contributed by atoms with E-state index in [0.717, 1.165) is 6.07 Å². The lowest BCUT2D eigenvalue weighted by Crippen LogP contribution is -2.61. The molecule has 0 bridgehead atoms. The zero-order valence-electron chi connectivity index (χ0n) is 45.3. The fourth-order valence-electron chi connectivity index (χ4n) is 11.5. The number of aromatic nitrogens is 3. The summed E-state index contributed by atoms with van der Waals surface area (Å²) in [7, 11) is 5.18. The minimum absolute atomic E-state index is 0.0763. The monoisotopic (exact) mass is 1050 g/mol. The van der Waals surface area contributed by atoms with Gasteiger partial charge in [0.25, 0.3) is 0 Å². The number of hydrogen-bond acceptors (Lipinski definition) is 19. The third kappa shape index (κ3) is 13.2. The number of amides is 1. The van der Waals surface area contributed by atoms with Crippen LogP contribution in [0.15, 0.2) is 24.4 Å². The topological polar surface area (TPSA) is 264 Å². The number of carbonyl (C=O) groups excluding carboxylic acids is 2. The Morgan fingerprint density at radius 2 is 1.69 bits per heavy atom. The minimum atomic E-state index is -1.86. The van der Waals surface area contributed by atoms with Crippen LogP contribution in [0.2, 0.25) is 0 Å². The first kappa shape index (κ1) is 59.3. The van der Waals surface area contributed by atoms with Crippen molar-refractivity contribution in [1.29, 1.82) is 5.26 Å². The normalized spacial score (nSPS) is 40.3. The average molecular weight is 1050 g/mol. The zero-order valence-corrected chi connectivity index (χ0v) is 45.3. The molecule has 5 heterocycles. The molecule has 2 aromatic rings. The number of cyclic esters (lactones) is 2. The molecule has 0 aliphatic carbocycles. The Bertz CT molecular complexity index is 2250. The van der Waals surface area contributed by atoms with Crippen LogP contribution in [0.4, 0.5) is 14.9 Å². The Balaban J connectivity index is 1.23. The van der Waals surface area contributed by atoms with Crippen LogP contribution in [0.3, 0.4) is 0 Å². The third-order valence-corrected chi connectivity index (χ3v) is 16.1. The van der Waals surface area contributed by atoms with Crippen LogP contribution in [0.1, 0.15) is 106 Å². The molecule has 0 unspecified atom stereocenters. The summed E-state index contributed by atoms with van der Waals surface area (Å²) < 4.78 is 59.7. The second kappa shape index (κ2) is 24.2. The summed E-state index contributed by atoms with van der Waals surface area (Å²) in [4.78, 5) is 32.4. The van der Waals surface area contributed by atoms with Gasteiger partial charge in [-0.25, -0.2) is 13.9 Å². The summed E-state index contributed by atoms with van der Waals surface area (Å²) in [6, 6.07) is 4.60. The highest BCUT2D eigenvalue weighted by Gasteiger charge is 2.53. The van der Waals surface area contributed by atoms with E-state index in [9.17, 15) is 39.5 Å². The molecule has 4 aliphatic rings. The molecule has 0 saturated carbocycles. The molecule has 1 aromatic heterocycles. The van der Waals surface area contributed by atoms with Gasteiger partial charge in [0, 0.05) is 57.2 Å². The maximum atomic E-state index is 14.5. The predicted molar refractivity (Wildman–Crippen MR) is 266 cm³/mol. The molecule has 74 heavy (non-hydrogen) atoms. The van der Waals surface area contributed by atoms with Crippen molar-refractivity contribution >= 4 is 17.7 Å². The number of anilines is 1. The van der Waals surface area contributed by atoms with E-state index in [0.29, 0.717) is 31.6 Å². The van der Waals surface area contributed by atoms with Crippen LogP contribution in [0.25, 0.3) is 0 Å². The van der Waals surface area contributed by atoms with Crippen molar-refractivity contribution in [3.8, 4) is 6.07 Å². The molecule has 22 heteroatoms. The second-order valence-corrected chi connectivity index (χ2v) is 22.3. The van der Waals surface area contributed by atoms with Crippen molar-refractivity contribution in [1.82, 2.24) is 24.8 Å². The molecule has 6 rings (SSSR count). The average Bonchev–Trinajstić information content (AvgIpc) is 3.96. The second-order valence-electron chi connectivity index (χ2n) is 22.3. The molecule has 4 saturated heterocycles. The van der Waals surface area contributed by atoms with Gasteiger partial charge in [0.05, 0.1) is 71.6 Å². The molecule has 416 valence electrons. The van der Waals surface area contributed by atoms with Crippen molar-refractivity contribution in [2.75, 3.05) is 45.7 Å². The summed E-state index contributed by atoms with van der Waals surface area (Å²) >= 11 is 0. The van der Waals surface area contributed by atoms with E-state index >= 15 is 0 Å². The molecule has 21 nitrogen and oxygen atoms in total. The van der Waals surface area contributed by atoms with Crippen LogP contribution in [-0.4, -0.2) is 200 Å². The van der Waals surface area contributed by atoms with Crippen LogP contribution in [-0.2, 0) is 50.9 Å². The van der Waals surface area contributed by atoms with E-state index in [1.807, 2.05) is 37.7 Å². The maximum Gasteiger partial charge on any atom is 0.414 e. The number of nitrogens with zero attached hydrogens (tertiary/aromatic N) is 7. The molecule has 5 N–H and O–H groups in total. The Hall–Kier alpha value is -3.96. The fourth-order valence-corrected chi connectivity index (χ4v) is 11.5. The number of aliphatic hydroxyl groups is 5. The number of carbonyl (C=O) groups is 2. The van der Waals surface area contributed by atoms with E-state index in [-0.39, 0.29) is 49.5 Å². The van der Waals surface area contributed by atoms with Crippen molar-refractivity contribution < 1.29 is 72.7 Å². The number of likely N-dealkylation sites (N-methyl/N-ethyl adjacent to an activating group) is 2. The van der Waals surface area contributed by atoms with Gasteiger partial charge in [0.2, 0.25) is 0 Å². The largest absolute Gasteiger partial charge is 0.459 e. The van der Waals surface area contributed by atoms with Crippen LogP contribution in [0, 0.1) is 34.9 Å². The number of hydrogen-bond donors (Lipinski definition) is 5. The van der Waals surface area contributed by atoms with E-state index in [2.05, 4.69) is 10.3 Å². The molecule has 1 aromatic carbocycles. The van der Waals surface area contributed by atoms with Crippen LogP contribution in [0.5, 0.6) is 0 Å². The Morgan fingerprint density at radius 3 is 2.34 bits per heavy atom. The molecule has 1 amide bonds. The fraction of sp³-hybridized carbons (Fsp3) is 0.788. The Morgan fingerprint density at radius 1 is 0.986 bits per heavy atom. The van der Waals surface area contributed by atoms with E-state index in [4.69, 9.17) is 38.4 Å². The maximum absolute atomic E-state index is 14.5. The summed E-state index contributed by atoms with van der Waals surface area (Å²) in [6.45, 7) is 18.5. The van der Waals surface area contributed by atoms with Gasteiger partial charge in [0.15, 0.2) is 12.6 Å². The highest BCUT2D eigenvalue weighted by Crippen LogP contribution is 2.40. The quantitative estimate of drug-likeness (QED) is 0.181. The molecular weight excluding hydrogens is 966 g/mol. The van der Waals surface area contributed by atoms with Gasteiger partial charge in [-0.1, -0.05) is 26.0 Å². The van der Waals surface area contributed by atoms with E-state index in [1.165, 1.54) is 31.1 Å². The smallest absolute Gasteiger partial charge is 0.414 e. The van der Waals surface area contributed by atoms with Gasteiger partial charge in [-0.05, 0) is 106 Å². The first-order valence-electron chi connectivity index (χ1n) is 26.0. The van der Waals surface area contributed by atoms with Crippen molar-refractivity contribution in [3.05, 3.63) is 41.5 Å². The molecule has 19 atom stereocenters. The van der Waals surface area contributed by atoms with Crippen molar-refractivity contribution in [2.24, 2.45) is 17.8 Å². The van der Waals surface area contributed by atoms with Crippen LogP contribution >= 0.6 is 0 Å². The van der Waals surface area contributed by atoms with Gasteiger partial charge >= 0.3 is 12.1 Å². The van der Waals surface area contributed by atoms with Gasteiger partial charge in [-0.2, -0.15) is 5.26 Å². The molecule has 0 radical (unpaired) electrons. The Labute approximate surface area is 434 Å². The van der Waals surface area contributed by atoms with E-state index < -0.39 is 126 Å².